The van der Waals surface area contributed by atoms with Crippen LogP contribution >= 0.6 is 0 Å². The number of hydrogen-bond acceptors (Lipinski definition) is 9. The molecule has 0 amide bonds. The van der Waals surface area contributed by atoms with Crippen LogP contribution in [-0.2, 0) is 18.9 Å². The summed E-state index contributed by atoms with van der Waals surface area (Å²) in [6.45, 7) is 15.2. The summed E-state index contributed by atoms with van der Waals surface area (Å²) < 4.78 is 25.8. The van der Waals surface area contributed by atoms with Crippen molar-refractivity contribution in [1.29, 1.82) is 0 Å². The van der Waals surface area contributed by atoms with Crippen molar-refractivity contribution in [3.8, 4) is 0 Å². The predicted octanol–water partition coefficient (Wildman–Crippen LogP) is 3.12. The van der Waals surface area contributed by atoms with Gasteiger partial charge >= 0.3 is 0 Å². The van der Waals surface area contributed by atoms with Crippen LogP contribution in [0.3, 0.4) is 0 Å². The minimum atomic E-state index is -1.28. The standard InChI is InChI=1S/C35H56O9/c1-17-14-19-26(30(4,5)40)44-35(43-19)25(17)31(6)12-13-34-16-33(34)11-10-22(42-27-24(38)23(37)18(36)15-41-27)29(2,3)20(33)8-9-21(34)32(31,7)28(35)39/h17-28,36-40H,8-16H2,1-7H3/t17-,18+,19-,20+,21-,22+,23-,24+,25+,26+,27-,28+,31-,32-,33-,34+,35+/m1/s1. The lowest BCUT2D eigenvalue weighted by molar-refractivity contribution is -0.303. The fourth-order valence-corrected chi connectivity index (χ4v) is 14.0. The molecular weight excluding hydrogens is 564 g/mol. The molecule has 3 aliphatic heterocycles. The summed E-state index contributed by atoms with van der Waals surface area (Å²) in [4.78, 5) is 0. The first-order valence-electron chi connectivity index (χ1n) is 17.5. The van der Waals surface area contributed by atoms with Crippen molar-refractivity contribution in [3.63, 3.8) is 0 Å². The van der Waals surface area contributed by atoms with Gasteiger partial charge in [0.2, 0.25) is 0 Å². The highest BCUT2D eigenvalue weighted by atomic mass is 16.8. The Bertz CT molecular complexity index is 1200. The number of fused-ring (bicyclic) bond motifs is 4. The van der Waals surface area contributed by atoms with Gasteiger partial charge in [-0.25, -0.2) is 0 Å². The molecule has 250 valence electrons. The van der Waals surface area contributed by atoms with E-state index in [9.17, 15) is 25.5 Å². The summed E-state index contributed by atoms with van der Waals surface area (Å²) in [5.74, 6) is 0.108. The molecule has 8 fully saturated rings. The first-order valence-corrected chi connectivity index (χ1v) is 17.5. The Labute approximate surface area is 262 Å². The van der Waals surface area contributed by atoms with E-state index in [4.69, 9.17) is 18.9 Å². The van der Waals surface area contributed by atoms with Crippen LogP contribution in [0.2, 0.25) is 0 Å². The first kappa shape index (κ1) is 30.9. The van der Waals surface area contributed by atoms with Gasteiger partial charge in [0, 0.05) is 11.3 Å². The van der Waals surface area contributed by atoms with Crippen LogP contribution in [0.15, 0.2) is 0 Å². The summed E-state index contributed by atoms with van der Waals surface area (Å²) in [6.07, 6.45) is 2.00. The van der Waals surface area contributed by atoms with Gasteiger partial charge in [0.25, 0.3) is 0 Å². The second kappa shape index (κ2) is 9.00. The van der Waals surface area contributed by atoms with Crippen molar-refractivity contribution in [2.75, 3.05) is 6.61 Å². The molecule has 5 saturated carbocycles. The molecule has 0 unspecified atom stereocenters. The van der Waals surface area contributed by atoms with Gasteiger partial charge < -0.3 is 44.5 Å². The van der Waals surface area contributed by atoms with Crippen LogP contribution in [0, 0.1) is 50.7 Å². The number of ether oxygens (including phenoxy) is 4. The van der Waals surface area contributed by atoms with Crippen molar-refractivity contribution >= 4 is 0 Å². The molecule has 0 radical (unpaired) electrons. The second-order valence-corrected chi connectivity index (χ2v) is 18.3. The fraction of sp³-hybridized carbons (Fsp3) is 1.00. The molecule has 0 aromatic carbocycles. The van der Waals surface area contributed by atoms with Crippen molar-refractivity contribution in [1.82, 2.24) is 0 Å². The van der Waals surface area contributed by atoms with Crippen molar-refractivity contribution in [2.45, 2.75) is 160 Å². The maximum Gasteiger partial charge on any atom is 0.199 e. The van der Waals surface area contributed by atoms with Crippen LogP contribution in [0.25, 0.3) is 0 Å². The van der Waals surface area contributed by atoms with Crippen LogP contribution in [0.5, 0.6) is 0 Å². The van der Waals surface area contributed by atoms with Gasteiger partial charge in [0.05, 0.1) is 24.4 Å². The lowest BCUT2D eigenvalue weighted by Gasteiger charge is -2.63. The van der Waals surface area contributed by atoms with Crippen molar-refractivity contribution < 1.29 is 44.5 Å². The molecule has 5 aliphatic carbocycles. The van der Waals surface area contributed by atoms with E-state index >= 15 is 0 Å². The van der Waals surface area contributed by atoms with Crippen LogP contribution in [0.1, 0.15) is 99.8 Å². The molecule has 2 bridgehead atoms. The van der Waals surface area contributed by atoms with Crippen molar-refractivity contribution in [3.05, 3.63) is 0 Å². The highest BCUT2D eigenvalue weighted by Gasteiger charge is 2.88. The van der Waals surface area contributed by atoms with Crippen molar-refractivity contribution in [2.24, 2.45) is 50.7 Å². The third kappa shape index (κ3) is 3.38. The largest absolute Gasteiger partial charge is 0.388 e. The van der Waals surface area contributed by atoms with Gasteiger partial charge in [-0.3, -0.25) is 0 Å². The second-order valence-electron chi connectivity index (χ2n) is 18.3. The molecule has 3 spiro atoms. The maximum atomic E-state index is 12.7. The molecule has 0 aromatic heterocycles. The summed E-state index contributed by atoms with van der Waals surface area (Å²) in [5, 5.41) is 54.5. The molecule has 9 heteroatoms. The van der Waals surface area contributed by atoms with E-state index < -0.39 is 48.2 Å². The average Bonchev–Trinajstić information content (AvgIpc) is 3.45. The predicted molar refractivity (Wildman–Crippen MR) is 159 cm³/mol. The summed E-state index contributed by atoms with van der Waals surface area (Å²) >= 11 is 0. The van der Waals surface area contributed by atoms with Gasteiger partial charge in [-0.1, -0.05) is 34.6 Å². The Kier molecular flexibility index (Phi) is 6.33. The number of aliphatic hydroxyl groups excluding tert-OH is 4. The molecule has 44 heavy (non-hydrogen) atoms. The van der Waals surface area contributed by atoms with E-state index in [0.717, 1.165) is 44.9 Å². The van der Waals surface area contributed by atoms with E-state index in [1.807, 2.05) is 0 Å². The van der Waals surface area contributed by atoms with Crippen LogP contribution in [-0.4, -0.2) is 92.5 Å². The first-order chi connectivity index (χ1) is 20.4. The lowest BCUT2D eigenvalue weighted by atomic mass is 9.41. The van der Waals surface area contributed by atoms with Gasteiger partial charge in [0.1, 0.15) is 30.5 Å². The highest BCUT2D eigenvalue weighted by molar-refractivity contribution is 5.34. The molecule has 9 nitrogen and oxygen atoms in total. The fourth-order valence-electron chi connectivity index (χ4n) is 14.0. The van der Waals surface area contributed by atoms with Gasteiger partial charge in [-0.15, -0.1) is 0 Å². The lowest BCUT2D eigenvalue weighted by Crippen LogP contribution is -2.61. The van der Waals surface area contributed by atoms with Gasteiger partial charge in [-0.2, -0.15) is 0 Å². The maximum absolute atomic E-state index is 12.7. The van der Waals surface area contributed by atoms with E-state index in [1.54, 1.807) is 13.8 Å². The number of aliphatic hydroxyl groups is 5. The average molecular weight is 621 g/mol. The summed E-state index contributed by atoms with van der Waals surface area (Å²) in [6, 6.07) is 0. The summed E-state index contributed by atoms with van der Waals surface area (Å²) in [5.41, 5.74) is -1.39. The number of hydrogen-bond donors (Lipinski definition) is 5. The zero-order chi connectivity index (χ0) is 31.6. The zero-order valence-electron chi connectivity index (χ0n) is 27.7. The molecule has 8 aliphatic rings. The molecular formula is C35H56O9. The third-order valence-electron chi connectivity index (χ3n) is 15.9. The Morgan fingerprint density at radius 1 is 0.841 bits per heavy atom. The van der Waals surface area contributed by atoms with Crippen LogP contribution < -0.4 is 0 Å². The van der Waals surface area contributed by atoms with E-state index in [0.29, 0.717) is 17.8 Å². The molecule has 3 saturated heterocycles. The molecule has 0 aromatic rings. The van der Waals surface area contributed by atoms with E-state index in [1.165, 1.54) is 6.42 Å². The number of rotatable bonds is 3. The smallest absolute Gasteiger partial charge is 0.199 e. The Hall–Kier alpha value is -0.360. The van der Waals surface area contributed by atoms with Crippen LogP contribution in [0.4, 0.5) is 0 Å². The minimum Gasteiger partial charge on any atom is -0.388 e. The Morgan fingerprint density at radius 2 is 1.52 bits per heavy atom. The Morgan fingerprint density at radius 3 is 2.23 bits per heavy atom. The quantitative estimate of drug-likeness (QED) is 0.301. The topological polar surface area (TPSA) is 138 Å². The van der Waals surface area contributed by atoms with E-state index in [-0.39, 0.29) is 51.8 Å². The Balaban J connectivity index is 1.10. The molecule has 17 atom stereocenters. The summed E-state index contributed by atoms with van der Waals surface area (Å²) in [7, 11) is 0. The highest BCUT2D eigenvalue weighted by Crippen LogP contribution is 2.90. The SMILES string of the molecule is C[C@@H]1C[C@H]2O[C@@]3(O[C@@H]2C(C)(C)O)[C@@H](O)[C@@]2(C)[C@H]4CC[C@H]5C(C)(C)[C@@H](O[C@H]6OC[C@H](O)[C@@H](O)[C@@H]6O)CC[C@@]56C[C@@]46CC[C@]2(C)[C@H]13. The molecule has 8 rings (SSSR count). The third-order valence-corrected chi connectivity index (χ3v) is 15.9. The molecule has 5 N–H and O–H groups in total. The normalized spacial score (nSPS) is 62.2. The zero-order valence-corrected chi connectivity index (χ0v) is 27.7. The minimum absolute atomic E-state index is 0.0559. The van der Waals surface area contributed by atoms with Gasteiger partial charge in [0.15, 0.2) is 12.1 Å². The van der Waals surface area contributed by atoms with E-state index in [2.05, 4.69) is 34.6 Å². The van der Waals surface area contributed by atoms with Gasteiger partial charge in [-0.05, 0) is 105 Å². The monoisotopic (exact) mass is 620 g/mol. The molecule has 3 heterocycles.